The molecule has 3 saturated carbocycles. The number of nitrogens with two attached hydrogens (primary N) is 1. The van der Waals surface area contributed by atoms with Crippen molar-refractivity contribution in [1.82, 2.24) is 19.5 Å². The third-order valence-electron chi connectivity index (χ3n) is 15.9. The molecule has 0 aliphatic heterocycles. The Kier molecular flexibility index (Phi) is 14.2. The fraction of sp³-hybridized carbons (Fsp3) is 0.720. The van der Waals surface area contributed by atoms with Gasteiger partial charge in [0.2, 0.25) is 0 Å². The zero-order valence-electron chi connectivity index (χ0n) is 36.7. The van der Waals surface area contributed by atoms with Gasteiger partial charge in [-0.1, -0.05) is 110 Å². The van der Waals surface area contributed by atoms with Gasteiger partial charge in [0.05, 0.1) is 18.5 Å². The first-order chi connectivity index (χ1) is 28.1. The van der Waals surface area contributed by atoms with Crippen LogP contribution in [0, 0.1) is 46.3 Å². The molecule has 2 N–H and O–H groups in total. The number of imidazole rings is 1. The first-order valence-corrected chi connectivity index (χ1v) is 23.6. The number of aryl methyl sites for hydroxylation is 1. The fourth-order valence-corrected chi connectivity index (χ4v) is 12.5. The minimum absolute atomic E-state index is 0.0266. The van der Waals surface area contributed by atoms with Crippen molar-refractivity contribution in [3.63, 3.8) is 0 Å². The molecular weight excluding hydrogens is 719 g/mol. The standard InChI is InChI=1S/C50H75N5O3/c1-35(2)16-15-17-36(3)42-24-25-43-41-23-20-38-32-40(26-28-49(38,4)44(41)27-29-50(42,43)5)58-48(56)37-18-21-39(22-19-37)57-31-14-12-10-8-6-7-9-11-13-30-55-34-54-45-46(51)52-33-53-47(45)55/h18-22,33-36,40-44H,6-17,23-32H2,1-5H3,(H2,51,52,53)/t36-,40?,41+,42-,43+,44+,49+,50-/m1/s1. The number of hydrogen-bond donors (Lipinski definition) is 1. The molecule has 58 heavy (non-hydrogen) atoms. The van der Waals surface area contributed by atoms with E-state index in [4.69, 9.17) is 15.2 Å². The van der Waals surface area contributed by atoms with E-state index >= 15 is 0 Å². The first kappa shape index (κ1) is 42.7. The Labute approximate surface area is 349 Å². The fourth-order valence-electron chi connectivity index (χ4n) is 12.5. The molecule has 318 valence electrons. The summed E-state index contributed by atoms with van der Waals surface area (Å²) in [5.41, 5.74) is 10.4. The van der Waals surface area contributed by atoms with Crippen molar-refractivity contribution in [2.75, 3.05) is 12.3 Å². The van der Waals surface area contributed by atoms with Gasteiger partial charge in [0, 0.05) is 13.0 Å². The number of allylic oxidation sites excluding steroid dienone is 1. The highest BCUT2D eigenvalue weighted by Crippen LogP contribution is 2.67. The first-order valence-electron chi connectivity index (χ1n) is 23.6. The van der Waals surface area contributed by atoms with Crippen LogP contribution in [0.2, 0.25) is 0 Å². The van der Waals surface area contributed by atoms with Gasteiger partial charge >= 0.3 is 5.97 Å². The van der Waals surface area contributed by atoms with E-state index in [0.717, 1.165) is 85.6 Å². The molecule has 4 aliphatic carbocycles. The Morgan fingerprint density at radius 1 is 0.845 bits per heavy atom. The Morgan fingerprint density at radius 3 is 2.34 bits per heavy atom. The van der Waals surface area contributed by atoms with E-state index in [0.29, 0.717) is 28.9 Å². The Balaban J connectivity index is 0.766. The summed E-state index contributed by atoms with van der Waals surface area (Å²) in [6.07, 6.45) is 30.9. The second-order valence-corrected chi connectivity index (χ2v) is 20.0. The molecule has 3 fully saturated rings. The van der Waals surface area contributed by atoms with Gasteiger partial charge < -0.3 is 19.8 Å². The zero-order valence-corrected chi connectivity index (χ0v) is 36.7. The zero-order chi connectivity index (χ0) is 40.7. The molecule has 0 saturated heterocycles. The van der Waals surface area contributed by atoms with E-state index in [1.54, 1.807) is 5.57 Å². The van der Waals surface area contributed by atoms with Crippen molar-refractivity contribution in [1.29, 1.82) is 0 Å². The molecule has 8 heteroatoms. The number of nitrogen functional groups attached to an aromatic ring is 1. The van der Waals surface area contributed by atoms with Crippen molar-refractivity contribution in [3.8, 4) is 5.75 Å². The molecule has 2 aromatic heterocycles. The maximum absolute atomic E-state index is 13.3. The predicted molar refractivity (Wildman–Crippen MR) is 235 cm³/mol. The van der Waals surface area contributed by atoms with Gasteiger partial charge in [-0.05, 0) is 128 Å². The van der Waals surface area contributed by atoms with Crippen molar-refractivity contribution in [2.24, 2.45) is 46.3 Å². The van der Waals surface area contributed by atoms with Crippen LogP contribution in [0.25, 0.3) is 11.2 Å². The number of fused-ring (bicyclic) bond motifs is 6. The number of unbranched alkanes of at least 4 members (excludes halogenated alkanes) is 8. The van der Waals surface area contributed by atoms with E-state index in [2.05, 4.69) is 60.2 Å². The molecule has 0 spiro atoms. The Morgan fingerprint density at radius 2 is 1.59 bits per heavy atom. The van der Waals surface area contributed by atoms with Gasteiger partial charge in [0.15, 0.2) is 11.5 Å². The monoisotopic (exact) mass is 794 g/mol. The lowest BCUT2D eigenvalue weighted by molar-refractivity contribution is -0.0594. The molecule has 0 radical (unpaired) electrons. The number of anilines is 1. The summed E-state index contributed by atoms with van der Waals surface area (Å²) in [5, 5.41) is 0. The highest BCUT2D eigenvalue weighted by atomic mass is 16.5. The van der Waals surface area contributed by atoms with E-state index in [1.807, 2.05) is 30.6 Å². The molecule has 3 aromatic rings. The number of carbonyl (C=O) groups excluding carboxylic acids is 1. The van der Waals surface area contributed by atoms with Gasteiger partial charge in [-0.25, -0.2) is 19.7 Å². The summed E-state index contributed by atoms with van der Waals surface area (Å²) in [6.45, 7) is 14.2. The number of esters is 1. The number of rotatable bonds is 20. The van der Waals surface area contributed by atoms with Crippen LogP contribution in [0.4, 0.5) is 5.82 Å². The van der Waals surface area contributed by atoms with Crippen LogP contribution in [-0.2, 0) is 11.3 Å². The molecule has 0 amide bonds. The molecule has 4 aliphatic rings. The molecule has 2 heterocycles. The number of carbonyl (C=O) groups is 1. The quantitative estimate of drug-likeness (QED) is 0.0690. The number of ether oxygens (including phenoxy) is 2. The van der Waals surface area contributed by atoms with Gasteiger partial charge in [0.25, 0.3) is 0 Å². The maximum Gasteiger partial charge on any atom is 0.338 e. The lowest BCUT2D eigenvalue weighted by Crippen LogP contribution is -2.51. The smallest absolute Gasteiger partial charge is 0.338 e. The van der Waals surface area contributed by atoms with Gasteiger partial charge in [-0.3, -0.25) is 0 Å². The number of benzene rings is 1. The van der Waals surface area contributed by atoms with Crippen LogP contribution in [0.5, 0.6) is 5.75 Å². The van der Waals surface area contributed by atoms with Gasteiger partial charge in [-0.15, -0.1) is 0 Å². The van der Waals surface area contributed by atoms with Crippen LogP contribution < -0.4 is 10.5 Å². The van der Waals surface area contributed by atoms with Crippen LogP contribution >= 0.6 is 0 Å². The second kappa shape index (κ2) is 19.3. The van der Waals surface area contributed by atoms with Crippen molar-refractivity contribution >= 4 is 23.0 Å². The number of aromatic nitrogens is 4. The van der Waals surface area contributed by atoms with Crippen LogP contribution in [-0.4, -0.2) is 38.2 Å². The normalized spacial score (nSPS) is 28.4. The highest BCUT2D eigenvalue weighted by molar-refractivity contribution is 5.89. The summed E-state index contributed by atoms with van der Waals surface area (Å²) >= 11 is 0. The summed E-state index contributed by atoms with van der Waals surface area (Å²) in [7, 11) is 0. The van der Waals surface area contributed by atoms with Crippen molar-refractivity contribution in [3.05, 3.63) is 54.1 Å². The highest BCUT2D eigenvalue weighted by Gasteiger charge is 2.59. The summed E-state index contributed by atoms with van der Waals surface area (Å²) < 4.78 is 14.3. The van der Waals surface area contributed by atoms with Crippen LogP contribution in [0.3, 0.4) is 0 Å². The summed E-state index contributed by atoms with van der Waals surface area (Å²) in [5.74, 6) is 6.11. The SMILES string of the molecule is CC(C)CCC[C@@H](C)[C@H]1CC[C@H]2[C@@H]3CC=C4CC(OC(=O)c5ccc(OCCCCCCCCCCCn6cnc7c(N)ncnc76)cc5)CC[C@]4(C)[C@H]3CC[C@]12C. The molecule has 8 atom stereocenters. The largest absolute Gasteiger partial charge is 0.494 e. The molecule has 1 unspecified atom stereocenters. The van der Waals surface area contributed by atoms with Gasteiger partial charge in [0.1, 0.15) is 23.7 Å². The van der Waals surface area contributed by atoms with Crippen LogP contribution in [0.1, 0.15) is 173 Å². The summed E-state index contributed by atoms with van der Waals surface area (Å²) in [4.78, 5) is 26.0. The van der Waals surface area contributed by atoms with Crippen molar-refractivity contribution < 1.29 is 14.3 Å². The lowest BCUT2D eigenvalue weighted by atomic mass is 9.47. The molecular formula is C50H75N5O3. The molecule has 8 nitrogen and oxygen atoms in total. The molecule has 0 bridgehead atoms. The van der Waals surface area contributed by atoms with E-state index in [1.165, 1.54) is 103 Å². The minimum Gasteiger partial charge on any atom is -0.494 e. The second-order valence-electron chi connectivity index (χ2n) is 20.0. The lowest BCUT2D eigenvalue weighted by Gasteiger charge is -2.58. The van der Waals surface area contributed by atoms with E-state index in [9.17, 15) is 4.79 Å². The molecule has 7 rings (SSSR count). The minimum atomic E-state index is -0.199. The van der Waals surface area contributed by atoms with Crippen molar-refractivity contribution in [2.45, 2.75) is 176 Å². The van der Waals surface area contributed by atoms with E-state index < -0.39 is 0 Å². The topological polar surface area (TPSA) is 105 Å². The third kappa shape index (κ3) is 9.62. The molecule has 1 aromatic carbocycles. The van der Waals surface area contributed by atoms with Crippen LogP contribution in [0.15, 0.2) is 48.6 Å². The average molecular weight is 794 g/mol. The maximum atomic E-state index is 13.3. The third-order valence-corrected chi connectivity index (χ3v) is 15.9. The average Bonchev–Trinajstić information content (AvgIpc) is 3.80. The Bertz CT molecular complexity index is 1820. The van der Waals surface area contributed by atoms with E-state index in [-0.39, 0.29) is 17.5 Å². The number of nitrogens with zero attached hydrogens (tertiary/aromatic N) is 4. The number of hydrogen-bond acceptors (Lipinski definition) is 7. The predicted octanol–water partition coefficient (Wildman–Crippen LogP) is 12.6. The summed E-state index contributed by atoms with van der Waals surface area (Å²) in [6, 6.07) is 7.59. The Hall–Kier alpha value is -3.42. The van der Waals surface area contributed by atoms with Gasteiger partial charge in [-0.2, -0.15) is 0 Å².